The number of rotatable bonds is 1. The number of aromatic nitrogens is 2. The van der Waals surface area contributed by atoms with Gasteiger partial charge in [-0.3, -0.25) is 4.68 Å². The van der Waals surface area contributed by atoms with Gasteiger partial charge in [0, 0.05) is 7.05 Å². The summed E-state index contributed by atoms with van der Waals surface area (Å²) in [4.78, 5) is 21.8. The van der Waals surface area contributed by atoms with E-state index in [9.17, 15) is 14.0 Å². The molecule has 0 bridgehead atoms. The lowest BCUT2D eigenvalue weighted by atomic mass is 10.1. The minimum atomic E-state index is -2.99. The number of carbonyl (C=O) groups is 2. The number of halogens is 1. The zero-order chi connectivity index (χ0) is 11.2. The number of carboxylic acid groups (broad SMARTS) is 1. The highest BCUT2D eigenvalue weighted by atomic mass is 19.2. The summed E-state index contributed by atoms with van der Waals surface area (Å²) in [7, 11) is 1.50. The molecule has 6 nitrogen and oxygen atoms in total. The number of fused-ring (bicyclic) bond motifs is 1. The van der Waals surface area contributed by atoms with Crippen molar-refractivity contribution in [1.29, 1.82) is 0 Å². The van der Waals surface area contributed by atoms with Crippen molar-refractivity contribution in [3.05, 3.63) is 17.5 Å². The molecule has 2 rings (SSSR count). The van der Waals surface area contributed by atoms with Gasteiger partial charge in [-0.15, -0.1) is 0 Å². The fourth-order valence-electron chi connectivity index (χ4n) is 1.42. The number of aliphatic carboxylic acids is 1. The Hall–Kier alpha value is -1.92. The molecule has 0 saturated heterocycles. The van der Waals surface area contributed by atoms with Gasteiger partial charge in [0.1, 0.15) is 5.56 Å². The first kappa shape index (κ1) is 9.63. The fraction of sp³-hybridized carbons (Fsp3) is 0.375. The quantitative estimate of drug-likeness (QED) is 0.659. The highest BCUT2D eigenvalue weighted by molar-refractivity contribution is 5.94. The van der Waals surface area contributed by atoms with Crippen LogP contribution < -0.4 is 0 Å². The second-order valence-corrected chi connectivity index (χ2v) is 3.23. The van der Waals surface area contributed by atoms with Crippen LogP contribution in [0.2, 0.25) is 0 Å². The third-order valence-corrected chi connectivity index (χ3v) is 2.25. The van der Waals surface area contributed by atoms with Gasteiger partial charge in [-0.05, 0) is 0 Å². The summed E-state index contributed by atoms with van der Waals surface area (Å²) < 4.78 is 19.1. The minimum Gasteiger partial charge on any atom is -0.476 e. The summed E-state index contributed by atoms with van der Waals surface area (Å²) in [5.74, 6) is -5.81. The second-order valence-electron chi connectivity index (χ2n) is 3.23. The van der Waals surface area contributed by atoms with Gasteiger partial charge < -0.3 is 9.84 Å². The summed E-state index contributed by atoms with van der Waals surface area (Å²) in [6, 6.07) is 0. The van der Waals surface area contributed by atoms with Gasteiger partial charge >= 0.3 is 17.8 Å². The largest absolute Gasteiger partial charge is 0.476 e. The number of nitrogens with zero attached hydrogens (tertiary/aromatic N) is 2. The molecular weight excluding hydrogens is 207 g/mol. The first-order valence-corrected chi connectivity index (χ1v) is 4.10. The molecule has 15 heavy (non-hydrogen) atoms. The Bertz CT molecular complexity index is 455. The Kier molecular flexibility index (Phi) is 1.79. The first-order chi connectivity index (χ1) is 6.94. The van der Waals surface area contributed by atoms with E-state index in [0.717, 1.165) is 0 Å². The molecule has 2 heterocycles. The molecular formula is C8H7FN2O4. The Balaban J connectivity index is 2.49. The monoisotopic (exact) mass is 214 g/mol. The Morgan fingerprint density at radius 3 is 3.07 bits per heavy atom. The highest BCUT2D eigenvalue weighted by Gasteiger charge is 2.49. The molecule has 7 heteroatoms. The van der Waals surface area contributed by atoms with Gasteiger partial charge in [0.05, 0.1) is 18.3 Å². The third kappa shape index (κ3) is 1.27. The number of carboxylic acids is 1. The van der Waals surface area contributed by atoms with Gasteiger partial charge in [0.2, 0.25) is 0 Å². The van der Waals surface area contributed by atoms with Crippen molar-refractivity contribution in [2.24, 2.45) is 7.05 Å². The van der Waals surface area contributed by atoms with Crippen molar-refractivity contribution in [2.75, 3.05) is 0 Å². The smallest absolute Gasteiger partial charge is 0.382 e. The van der Waals surface area contributed by atoms with Crippen LogP contribution in [0.1, 0.15) is 16.1 Å². The van der Waals surface area contributed by atoms with Gasteiger partial charge in [-0.1, -0.05) is 0 Å². The predicted octanol–water partition coefficient (Wildman–Crippen LogP) is -0.117. The number of ether oxygens (including phenoxy) is 1. The maximum absolute atomic E-state index is 13.6. The molecule has 0 aromatic carbocycles. The van der Waals surface area contributed by atoms with E-state index in [-0.39, 0.29) is 11.3 Å². The standard InChI is InChI=1S/C8H7FN2O4/c1-11-5-2-8(9,7(13)14)15-6(12)4(5)3-10-11/h3H,2H2,1H3,(H,13,14). The van der Waals surface area contributed by atoms with E-state index in [4.69, 9.17) is 5.11 Å². The van der Waals surface area contributed by atoms with Crippen LogP contribution >= 0.6 is 0 Å². The van der Waals surface area contributed by atoms with Crippen molar-refractivity contribution < 1.29 is 23.8 Å². The van der Waals surface area contributed by atoms with Crippen molar-refractivity contribution in [1.82, 2.24) is 9.78 Å². The SMILES string of the molecule is Cn1ncc2c1CC(F)(C(=O)O)OC2=O. The van der Waals surface area contributed by atoms with E-state index in [0.29, 0.717) is 0 Å². The minimum absolute atomic E-state index is 0.104. The van der Waals surface area contributed by atoms with Crippen LogP contribution in [0.3, 0.4) is 0 Å². The molecule has 1 atom stereocenters. The number of hydrogen-bond donors (Lipinski definition) is 1. The van der Waals surface area contributed by atoms with E-state index >= 15 is 0 Å². The Morgan fingerprint density at radius 1 is 1.80 bits per heavy atom. The second kappa shape index (κ2) is 2.78. The van der Waals surface area contributed by atoms with Crippen LogP contribution in [0.5, 0.6) is 0 Å². The molecule has 1 unspecified atom stereocenters. The van der Waals surface area contributed by atoms with Crippen molar-refractivity contribution in [3.8, 4) is 0 Å². The van der Waals surface area contributed by atoms with Crippen molar-refractivity contribution in [2.45, 2.75) is 12.3 Å². The van der Waals surface area contributed by atoms with E-state index < -0.39 is 24.2 Å². The van der Waals surface area contributed by atoms with E-state index in [1.54, 1.807) is 0 Å². The van der Waals surface area contributed by atoms with Crippen molar-refractivity contribution in [3.63, 3.8) is 0 Å². The van der Waals surface area contributed by atoms with Crippen molar-refractivity contribution >= 4 is 11.9 Å². The molecule has 1 aromatic rings. The molecule has 0 spiro atoms. The van der Waals surface area contributed by atoms with Crippen LogP contribution in [0.25, 0.3) is 0 Å². The first-order valence-electron chi connectivity index (χ1n) is 4.10. The number of alkyl halides is 1. The topological polar surface area (TPSA) is 81.4 Å². The number of hydrogen-bond acceptors (Lipinski definition) is 4. The van der Waals surface area contributed by atoms with Gasteiger partial charge in [0.15, 0.2) is 0 Å². The molecule has 1 aliphatic rings. The van der Waals surface area contributed by atoms with Gasteiger partial charge in [-0.2, -0.15) is 9.49 Å². The molecule has 1 N–H and O–H groups in total. The zero-order valence-corrected chi connectivity index (χ0v) is 7.73. The Labute approximate surface area is 83.3 Å². The lowest BCUT2D eigenvalue weighted by Crippen LogP contribution is -2.44. The lowest BCUT2D eigenvalue weighted by Gasteiger charge is -2.25. The normalized spacial score (nSPS) is 24.5. The Morgan fingerprint density at radius 2 is 2.47 bits per heavy atom. The van der Waals surface area contributed by atoms with E-state index in [1.165, 1.54) is 17.9 Å². The summed E-state index contributed by atoms with van der Waals surface area (Å²) in [6.45, 7) is 0. The van der Waals surface area contributed by atoms with E-state index in [2.05, 4.69) is 9.84 Å². The molecule has 0 amide bonds. The summed E-state index contributed by atoms with van der Waals surface area (Å²) in [5.41, 5.74) is 0.322. The lowest BCUT2D eigenvalue weighted by molar-refractivity contribution is -0.182. The number of cyclic esters (lactones) is 1. The number of carbonyl (C=O) groups excluding carboxylic acids is 1. The highest BCUT2D eigenvalue weighted by Crippen LogP contribution is 2.29. The summed E-state index contributed by atoms with van der Waals surface area (Å²) in [6.07, 6.45) is 0.693. The van der Waals surface area contributed by atoms with Crippen LogP contribution in [0.4, 0.5) is 4.39 Å². The molecule has 80 valence electrons. The van der Waals surface area contributed by atoms with Crippen LogP contribution in [-0.4, -0.2) is 32.7 Å². The number of aryl methyl sites for hydroxylation is 1. The predicted molar refractivity (Wildman–Crippen MR) is 43.8 cm³/mol. The molecule has 1 aromatic heterocycles. The fourth-order valence-corrected chi connectivity index (χ4v) is 1.42. The molecule has 0 fully saturated rings. The van der Waals surface area contributed by atoms with Crippen LogP contribution in [0.15, 0.2) is 6.20 Å². The number of esters is 1. The van der Waals surface area contributed by atoms with Crippen LogP contribution in [-0.2, 0) is 23.0 Å². The summed E-state index contributed by atoms with van der Waals surface area (Å²) >= 11 is 0. The maximum Gasteiger partial charge on any atom is 0.382 e. The molecule has 0 saturated carbocycles. The average Bonchev–Trinajstić information content (AvgIpc) is 2.48. The maximum atomic E-state index is 13.6. The average molecular weight is 214 g/mol. The molecule has 1 aliphatic heterocycles. The van der Waals surface area contributed by atoms with Gasteiger partial charge in [0.25, 0.3) is 0 Å². The van der Waals surface area contributed by atoms with Crippen LogP contribution in [0, 0.1) is 0 Å². The third-order valence-electron chi connectivity index (χ3n) is 2.25. The molecule has 0 radical (unpaired) electrons. The molecule has 0 aliphatic carbocycles. The van der Waals surface area contributed by atoms with E-state index in [1.807, 2.05) is 0 Å². The summed E-state index contributed by atoms with van der Waals surface area (Å²) in [5, 5.41) is 12.3. The van der Waals surface area contributed by atoms with Gasteiger partial charge in [-0.25, -0.2) is 9.59 Å². The zero-order valence-electron chi connectivity index (χ0n) is 7.73.